The molecule has 1 saturated heterocycles. The molecule has 0 amide bonds. The van der Waals surface area contributed by atoms with Crippen molar-refractivity contribution in [1.82, 2.24) is 10.6 Å². The zero-order valence-corrected chi connectivity index (χ0v) is 6.95. The van der Waals surface area contributed by atoms with Gasteiger partial charge in [0.1, 0.15) is 0 Å². The monoisotopic (exact) mass is 176 g/mol. The Morgan fingerprint density at radius 3 is 2.50 bits per heavy atom. The standard InChI is InChI=1S/C8H14F2N2/c9-8(10)3-7(4-8)12-6-1-2-11-5-6/h6-7,11-12H,1-5H2. The average molecular weight is 176 g/mol. The third kappa shape index (κ3) is 1.75. The lowest BCUT2D eigenvalue weighted by molar-refractivity contribution is -0.0943. The normalized spacial score (nSPS) is 35.0. The molecule has 2 aliphatic rings. The first kappa shape index (κ1) is 8.38. The van der Waals surface area contributed by atoms with Crippen LogP contribution in [0.4, 0.5) is 8.78 Å². The van der Waals surface area contributed by atoms with Crippen LogP contribution in [0, 0.1) is 0 Å². The third-order valence-electron chi connectivity index (χ3n) is 2.62. The van der Waals surface area contributed by atoms with Gasteiger partial charge in [0, 0.05) is 31.5 Å². The van der Waals surface area contributed by atoms with Crippen LogP contribution >= 0.6 is 0 Å². The molecule has 70 valence electrons. The number of nitrogens with one attached hydrogen (secondary N) is 2. The van der Waals surface area contributed by atoms with Crippen LogP contribution in [0.5, 0.6) is 0 Å². The van der Waals surface area contributed by atoms with Crippen molar-refractivity contribution < 1.29 is 8.78 Å². The minimum atomic E-state index is -2.39. The van der Waals surface area contributed by atoms with Gasteiger partial charge in [0.15, 0.2) is 0 Å². The van der Waals surface area contributed by atoms with Crippen molar-refractivity contribution in [2.45, 2.75) is 37.3 Å². The van der Waals surface area contributed by atoms with Crippen molar-refractivity contribution in [3.05, 3.63) is 0 Å². The Labute approximate surface area is 70.7 Å². The van der Waals surface area contributed by atoms with E-state index in [2.05, 4.69) is 10.6 Å². The molecule has 1 saturated carbocycles. The molecule has 1 aliphatic carbocycles. The van der Waals surface area contributed by atoms with Crippen LogP contribution in [0.1, 0.15) is 19.3 Å². The van der Waals surface area contributed by atoms with E-state index in [4.69, 9.17) is 0 Å². The molecular formula is C8H14F2N2. The summed E-state index contributed by atoms with van der Waals surface area (Å²) in [6.45, 7) is 1.95. The number of alkyl halides is 2. The van der Waals surface area contributed by atoms with Crippen molar-refractivity contribution in [1.29, 1.82) is 0 Å². The van der Waals surface area contributed by atoms with Crippen molar-refractivity contribution in [2.24, 2.45) is 0 Å². The highest BCUT2D eigenvalue weighted by Gasteiger charge is 2.45. The van der Waals surface area contributed by atoms with Gasteiger partial charge in [-0.15, -0.1) is 0 Å². The van der Waals surface area contributed by atoms with Crippen molar-refractivity contribution in [3.8, 4) is 0 Å². The van der Waals surface area contributed by atoms with Crippen LogP contribution in [0.25, 0.3) is 0 Å². The summed E-state index contributed by atoms with van der Waals surface area (Å²) < 4.78 is 24.8. The molecule has 0 radical (unpaired) electrons. The lowest BCUT2D eigenvalue weighted by Gasteiger charge is -2.37. The molecule has 2 nitrogen and oxygen atoms in total. The maximum absolute atomic E-state index is 12.4. The van der Waals surface area contributed by atoms with E-state index in [1.807, 2.05) is 0 Å². The Kier molecular flexibility index (Phi) is 2.04. The van der Waals surface area contributed by atoms with Crippen LogP contribution in [-0.4, -0.2) is 31.1 Å². The largest absolute Gasteiger partial charge is 0.315 e. The lowest BCUT2D eigenvalue weighted by atomic mass is 9.87. The highest BCUT2D eigenvalue weighted by Crippen LogP contribution is 2.37. The van der Waals surface area contributed by atoms with Crippen LogP contribution in [0.15, 0.2) is 0 Å². The Balaban J connectivity index is 1.69. The summed E-state index contributed by atoms with van der Waals surface area (Å²) in [5.74, 6) is -2.39. The molecule has 2 rings (SSSR count). The van der Waals surface area contributed by atoms with Gasteiger partial charge in [-0.2, -0.15) is 0 Å². The zero-order chi connectivity index (χ0) is 8.60. The topological polar surface area (TPSA) is 24.1 Å². The molecule has 0 aromatic rings. The fraction of sp³-hybridized carbons (Fsp3) is 1.00. The average Bonchev–Trinajstić information content (AvgIpc) is 2.35. The van der Waals surface area contributed by atoms with E-state index in [-0.39, 0.29) is 18.9 Å². The predicted octanol–water partition coefficient (Wildman–Crippen LogP) is 0.736. The van der Waals surface area contributed by atoms with Crippen molar-refractivity contribution in [3.63, 3.8) is 0 Å². The maximum Gasteiger partial charge on any atom is 0.251 e. The number of halogens is 2. The number of rotatable bonds is 2. The number of hydrogen-bond donors (Lipinski definition) is 2. The van der Waals surface area contributed by atoms with E-state index in [9.17, 15) is 8.78 Å². The van der Waals surface area contributed by atoms with Crippen LogP contribution < -0.4 is 10.6 Å². The maximum atomic E-state index is 12.4. The smallest absolute Gasteiger partial charge is 0.251 e. The first-order valence-corrected chi connectivity index (χ1v) is 4.50. The molecule has 0 aromatic carbocycles. The molecular weight excluding hydrogens is 162 g/mol. The SMILES string of the molecule is FC1(F)CC(NC2CCNC2)C1. The van der Waals surface area contributed by atoms with Gasteiger partial charge < -0.3 is 10.6 Å². The summed E-state index contributed by atoms with van der Waals surface area (Å²) in [6.07, 6.45) is 1.13. The Hall–Kier alpha value is -0.220. The van der Waals surface area contributed by atoms with E-state index < -0.39 is 5.92 Å². The molecule has 12 heavy (non-hydrogen) atoms. The Morgan fingerprint density at radius 1 is 1.25 bits per heavy atom. The Morgan fingerprint density at radius 2 is 2.00 bits per heavy atom. The van der Waals surface area contributed by atoms with Crippen molar-refractivity contribution in [2.75, 3.05) is 13.1 Å². The molecule has 0 spiro atoms. The molecule has 4 heteroatoms. The minimum Gasteiger partial charge on any atom is -0.315 e. The second kappa shape index (κ2) is 2.92. The summed E-state index contributed by atoms with van der Waals surface area (Å²) in [7, 11) is 0. The first-order chi connectivity index (χ1) is 5.66. The summed E-state index contributed by atoms with van der Waals surface area (Å²) in [5, 5.41) is 6.43. The predicted molar refractivity (Wildman–Crippen MR) is 42.4 cm³/mol. The summed E-state index contributed by atoms with van der Waals surface area (Å²) in [4.78, 5) is 0. The number of hydrogen-bond acceptors (Lipinski definition) is 2. The van der Waals surface area contributed by atoms with Crippen LogP contribution in [0.3, 0.4) is 0 Å². The molecule has 1 unspecified atom stereocenters. The molecule has 2 N–H and O–H groups in total. The molecule has 1 atom stereocenters. The zero-order valence-electron chi connectivity index (χ0n) is 6.95. The molecule has 1 heterocycles. The van der Waals surface area contributed by atoms with Gasteiger partial charge in [0.2, 0.25) is 0 Å². The third-order valence-corrected chi connectivity index (χ3v) is 2.62. The molecule has 0 aromatic heterocycles. The summed E-state index contributed by atoms with van der Waals surface area (Å²) in [6, 6.07) is 0.482. The fourth-order valence-corrected chi connectivity index (χ4v) is 1.91. The second-order valence-electron chi connectivity index (χ2n) is 3.82. The van der Waals surface area contributed by atoms with E-state index in [0.29, 0.717) is 6.04 Å². The minimum absolute atomic E-state index is 0.0313. The highest BCUT2D eigenvalue weighted by molar-refractivity contribution is 4.94. The Bertz CT molecular complexity index is 158. The van der Waals surface area contributed by atoms with Gasteiger partial charge in [-0.25, -0.2) is 8.78 Å². The summed E-state index contributed by atoms with van der Waals surface area (Å²) >= 11 is 0. The van der Waals surface area contributed by atoms with Crippen LogP contribution in [0.2, 0.25) is 0 Å². The van der Waals surface area contributed by atoms with E-state index in [1.165, 1.54) is 0 Å². The van der Waals surface area contributed by atoms with Gasteiger partial charge in [0.05, 0.1) is 0 Å². The fourth-order valence-electron chi connectivity index (χ4n) is 1.91. The highest BCUT2D eigenvalue weighted by atomic mass is 19.3. The lowest BCUT2D eigenvalue weighted by Crippen LogP contribution is -2.52. The van der Waals surface area contributed by atoms with Gasteiger partial charge in [-0.05, 0) is 13.0 Å². The van der Waals surface area contributed by atoms with Crippen LogP contribution in [-0.2, 0) is 0 Å². The van der Waals surface area contributed by atoms with E-state index in [0.717, 1.165) is 19.5 Å². The van der Waals surface area contributed by atoms with Gasteiger partial charge >= 0.3 is 0 Å². The molecule has 2 fully saturated rings. The van der Waals surface area contributed by atoms with Gasteiger partial charge in [0.25, 0.3) is 5.92 Å². The van der Waals surface area contributed by atoms with E-state index >= 15 is 0 Å². The van der Waals surface area contributed by atoms with Gasteiger partial charge in [-0.1, -0.05) is 0 Å². The molecule has 0 bridgehead atoms. The molecule has 1 aliphatic heterocycles. The quantitative estimate of drug-likeness (QED) is 0.648. The first-order valence-electron chi connectivity index (χ1n) is 4.50. The van der Waals surface area contributed by atoms with Crippen molar-refractivity contribution >= 4 is 0 Å². The van der Waals surface area contributed by atoms with E-state index in [1.54, 1.807) is 0 Å². The second-order valence-corrected chi connectivity index (χ2v) is 3.82. The summed E-state index contributed by atoms with van der Waals surface area (Å²) in [5.41, 5.74) is 0. The van der Waals surface area contributed by atoms with Gasteiger partial charge in [-0.3, -0.25) is 0 Å².